The Hall–Kier alpha value is -1.22. The van der Waals surface area contributed by atoms with Crippen molar-refractivity contribution in [3.8, 4) is 5.75 Å². The molecule has 3 heteroatoms. The van der Waals surface area contributed by atoms with Crippen LogP contribution in [0.15, 0.2) is 24.3 Å². The maximum atomic E-state index is 5.80. The normalized spacial score (nSPS) is 28.1. The SMILES string of the molecule is CN(C)CCOc1cccc(NC2CC3CCC2C3)c1. The van der Waals surface area contributed by atoms with Gasteiger partial charge in [-0.15, -0.1) is 0 Å². The Labute approximate surface area is 122 Å². The molecule has 2 saturated carbocycles. The Kier molecular flexibility index (Phi) is 4.16. The lowest BCUT2D eigenvalue weighted by molar-refractivity contribution is 0.261. The van der Waals surface area contributed by atoms with Gasteiger partial charge in [0.05, 0.1) is 0 Å². The molecule has 0 spiro atoms. The van der Waals surface area contributed by atoms with Crippen LogP contribution in [0, 0.1) is 11.8 Å². The maximum absolute atomic E-state index is 5.80. The average molecular weight is 274 g/mol. The van der Waals surface area contributed by atoms with Crippen LogP contribution < -0.4 is 10.1 Å². The minimum atomic E-state index is 0.686. The van der Waals surface area contributed by atoms with E-state index in [4.69, 9.17) is 4.74 Å². The van der Waals surface area contributed by atoms with Crippen molar-refractivity contribution in [1.82, 2.24) is 4.90 Å². The van der Waals surface area contributed by atoms with Gasteiger partial charge < -0.3 is 15.0 Å². The molecule has 2 aliphatic carbocycles. The minimum absolute atomic E-state index is 0.686. The molecule has 3 nitrogen and oxygen atoms in total. The third kappa shape index (κ3) is 3.26. The van der Waals surface area contributed by atoms with E-state index in [1.54, 1.807) is 0 Å². The van der Waals surface area contributed by atoms with Gasteiger partial charge in [0.2, 0.25) is 0 Å². The summed E-state index contributed by atoms with van der Waals surface area (Å²) in [5.74, 6) is 2.86. The van der Waals surface area contributed by atoms with E-state index in [9.17, 15) is 0 Å². The van der Waals surface area contributed by atoms with Crippen molar-refractivity contribution in [2.45, 2.75) is 31.7 Å². The lowest BCUT2D eigenvalue weighted by Crippen LogP contribution is -2.25. The summed E-state index contributed by atoms with van der Waals surface area (Å²) in [6.45, 7) is 1.69. The third-order valence-electron chi connectivity index (χ3n) is 4.73. The highest BCUT2D eigenvalue weighted by Crippen LogP contribution is 2.45. The molecule has 0 aliphatic heterocycles. The van der Waals surface area contributed by atoms with Gasteiger partial charge in [0.25, 0.3) is 0 Å². The zero-order valence-electron chi connectivity index (χ0n) is 12.6. The predicted octanol–water partition coefficient (Wildman–Crippen LogP) is 3.23. The van der Waals surface area contributed by atoms with E-state index >= 15 is 0 Å². The van der Waals surface area contributed by atoms with Gasteiger partial charge in [0, 0.05) is 24.3 Å². The van der Waals surface area contributed by atoms with Crippen LogP contribution in [0.3, 0.4) is 0 Å². The summed E-state index contributed by atoms with van der Waals surface area (Å²) in [6.07, 6.45) is 5.67. The van der Waals surface area contributed by atoms with Crippen LogP contribution in [0.1, 0.15) is 25.7 Å². The standard InChI is InChI=1S/C17H26N2O/c1-19(2)8-9-20-16-5-3-4-15(12-16)18-17-11-13-6-7-14(17)10-13/h3-5,12-14,17-18H,6-11H2,1-2H3. The predicted molar refractivity (Wildman–Crippen MR) is 83.3 cm³/mol. The van der Waals surface area contributed by atoms with Gasteiger partial charge in [-0.1, -0.05) is 12.5 Å². The number of anilines is 1. The van der Waals surface area contributed by atoms with E-state index < -0.39 is 0 Å². The summed E-state index contributed by atoms with van der Waals surface area (Å²) in [7, 11) is 4.13. The second-order valence-corrected chi connectivity index (χ2v) is 6.61. The van der Waals surface area contributed by atoms with E-state index in [1.165, 1.54) is 31.4 Å². The highest BCUT2D eigenvalue weighted by molar-refractivity contribution is 5.49. The van der Waals surface area contributed by atoms with Crippen LogP contribution >= 0.6 is 0 Å². The Morgan fingerprint density at radius 3 is 2.85 bits per heavy atom. The van der Waals surface area contributed by atoms with E-state index in [2.05, 4.69) is 42.5 Å². The van der Waals surface area contributed by atoms with Crippen LogP contribution in [0.5, 0.6) is 5.75 Å². The molecule has 20 heavy (non-hydrogen) atoms. The summed E-state index contributed by atoms with van der Waals surface area (Å²) < 4.78 is 5.80. The molecule has 2 fully saturated rings. The Morgan fingerprint density at radius 2 is 2.15 bits per heavy atom. The number of benzene rings is 1. The van der Waals surface area contributed by atoms with Crippen molar-refractivity contribution in [1.29, 1.82) is 0 Å². The summed E-state index contributed by atoms with van der Waals surface area (Å²) in [5.41, 5.74) is 1.21. The van der Waals surface area contributed by atoms with Crippen molar-refractivity contribution in [3.05, 3.63) is 24.3 Å². The molecular weight excluding hydrogens is 248 g/mol. The monoisotopic (exact) mass is 274 g/mol. The fraction of sp³-hybridized carbons (Fsp3) is 0.647. The molecule has 0 amide bonds. The number of nitrogens with one attached hydrogen (secondary N) is 1. The van der Waals surface area contributed by atoms with Crippen molar-refractivity contribution < 1.29 is 4.74 Å². The lowest BCUT2D eigenvalue weighted by atomic mass is 9.95. The van der Waals surface area contributed by atoms with Gasteiger partial charge in [-0.2, -0.15) is 0 Å². The maximum Gasteiger partial charge on any atom is 0.121 e. The van der Waals surface area contributed by atoms with Crippen molar-refractivity contribution in [3.63, 3.8) is 0 Å². The quantitative estimate of drug-likeness (QED) is 0.862. The number of rotatable bonds is 6. The van der Waals surface area contributed by atoms with Crippen molar-refractivity contribution >= 4 is 5.69 Å². The molecule has 1 N–H and O–H groups in total. The first-order valence-corrected chi connectivity index (χ1v) is 7.85. The molecular formula is C17H26N2O. The van der Waals surface area contributed by atoms with Gasteiger partial charge in [-0.3, -0.25) is 0 Å². The average Bonchev–Trinajstić information content (AvgIpc) is 3.01. The van der Waals surface area contributed by atoms with Gasteiger partial charge in [-0.25, -0.2) is 0 Å². The lowest BCUT2D eigenvalue weighted by Gasteiger charge is -2.24. The minimum Gasteiger partial charge on any atom is -0.492 e. The fourth-order valence-electron chi connectivity index (χ4n) is 3.66. The molecule has 1 aromatic carbocycles. The molecule has 0 heterocycles. The molecule has 3 unspecified atom stereocenters. The number of hydrogen-bond acceptors (Lipinski definition) is 3. The topological polar surface area (TPSA) is 24.5 Å². The number of nitrogens with zero attached hydrogens (tertiary/aromatic N) is 1. The summed E-state index contributed by atoms with van der Waals surface area (Å²) >= 11 is 0. The molecule has 3 atom stereocenters. The highest BCUT2D eigenvalue weighted by Gasteiger charge is 2.39. The molecule has 1 aromatic rings. The van der Waals surface area contributed by atoms with E-state index in [1.807, 2.05) is 6.07 Å². The first kappa shape index (κ1) is 13.7. The van der Waals surface area contributed by atoms with Gasteiger partial charge >= 0.3 is 0 Å². The summed E-state index contributed by atoms with van der Waals surface area (Å²) in [6, 6.07) is 9.11. The molecule has 0 aromatic heterocycles. The van der Waals surface area contributed by atoms with Gasteiger partial charge in [0.1, 0.15) is 12.4 Å². The molecule has 2 bridgehead atoms. The van der Waals surface area contributed by atoms with Gasteiger partial charge in [0.15, 0.2) is 0 Å². The zero-order chi connectivity index (χ0) is 13.9. The molecule has 110 valence electrons. The second-order valence-electron chi connectivity index (χ2n) is 6.61. The van der Waals surface area contributed by atoms with E-state index in [0.717, 1.165) is 30.7 Å². The van der Waals surface area contributed by atoms with Crippen molar-refractivity contribution in [2.24, 2.45) is 11.8 Å². The number of likely N-dealkylation sites (N-methyl/N-ethyl adjacent to an activating group) is 1. The second kappa shape index (κ2) is 6.04. The number of ether oxygens (including phenoxy) is 1. The van der Waals surface area contributed by atoms with E-state index in [-0.39, 0.29) is 0 Å². The Morgan fingerprint density at radius 1 is 1.25 bits per heavy atom. The highest BCUT2D eigenvalue weighted by atomic mass is 16.5. The first-order chi connectivity index (χ1) is 9.70. The summed E-state index contributed by atoms with van der Waals surface area (Å²) in [5, 5.41) is 3.72. The fourth-order valence-corrected chi connectivity index (χ4v) is 3.66. The van der Waals surface area contributed by atoms with Crippen molar-refractivity contribution in [2.75, 3.05) is 32.6 Å². The Balaban J connectivity index is 1.54. The van der Waals surface area contributed by atoms with Gasteiger partial charge in [-0.05, 0) is 57.3 Å². The zero-order valence-corrected chi connectivity index (χ0v) is 12.6. The molecule has 2 aliphatic rings. The van der Waals surface area contributed by atoms with E-state index in [0.29, 0.717) is 6.04 Å². The van der Waals surface area contributed by atoms with Crippen LogP contribution in [0.2, 0.25) is 0 Å². The molecule has 0 radical (unpaired) electrons. The molecule has 0 saturated heterocycles. The van der Waals surface area contributed by atoms with Crippen LogP contribution in [-0.4, -0.2) is 38.2 Å². The first-order valence-electron chi connectivity index (χ1n) is 7.85. The number of hydrogen-bond donors (Lipinski definition) is 1. The van der Waals surface area contributed by atoms with Crippen LogP contribution in [-0.2, 0) is 0 Å². The van der Waals surface area contributed by atoms with Crippen LogP contribution in [0.4, 0.5) is 5.69 Å². The summed E-state index contributed by atoms with van der Waals surface area (Å²) in [4.78, 5) is 2.14. The Bertz CT molecular complexity index is 446. The third-order valence-corrected chi connectivity index (χ3v) is 4.73. The van der Waals surface area contributed by atoms with Crippen LogP contribution in [0.25, 0.3) is 0 Å². The largest absolute Gasteiger partial charge is 0.492 e. The number of fused-ring (bicyclic) bond motifs is 2. The molecule has 3 rings (SSSR count). The smallest absolute Gasteiger partial charge is 0.121 e.